The zero-order valence-corrected chi connectivity index (χ0v) is 12.4. The third kappa shape index (κ3) is 1.65. The second-order valence-corrected chi connectivity index (χ2v) is 7.03. The van der Waals surface area contributed by atoms with E-state index in [2.05, 4.69) is 19.9 Å². The van der Waals surface area contributed by atoms with Crippen LogP contribution in [0.5, 0.6) is 0 Å². The van der Waals surface area contributed by atoms with E-state index in [9.17, 15) is 4.79 Å². The summed E-state index contributed by atoms with van der Waals surface area (Å²) in [6.45, 7) is 0.924. The molecule has 2 aromatic heterocycles. The monoisotopic (exact) mass is 294 g/mol. The zero-order valence-electron chi connectivity index (χ0n) is 12.4. The highest BCUT2D eigenvalue weighted by Gasteiger charge is 2.61. The third-order valence-corrected chi connectivity index (χ3v) is 5.68. The minimum absolute atomic E-state index is 0.0713. The molecule has 1 aliphatic heterocycles. The third-order valence-electron chi connectivity index (χ3n) is 5.68. The number of carbonyl (C=O) groups is 1. The van der Waals surface area contributed by atoms with Crippen molar-refractivity contribution in [2.24, 2.45) is 11.3 Å². The molecule has 5 heteroatoms. The van der Waals surface area contributed by atoms with Crippen molar-refractivity contribution in [1.82, 2.24) is 19.9 Å². The van der Waals surface area contributed by atoms with E-state index in [0.717, 1.165) is 18.0 Å². The summed E-state index contributed by atoms with van der Waals surface area (Å²) in [6.07, 6.45) is 9.76. The van der Waals surface area contributed by atoms with Crippen LogP contribution in [0.1, 0.15) is 42.6 Å². The molecule has 2 aliphatic carbocycles. The number of rotatable bonds is 2. The van der Waals surface area contributed by atoms with Gasteiger partial charge in [-0.2, -0.15) is 0 Å². The summed E-state index contributed by atoms with van der Waals surface area (Å²) in [7, 11) is 0. The minimum atomic E-state index is 0.0713. The molecule has 1 unspecified atom stereocenters. The molecule has 3 aliphatic rings. The van der Waals surface area contributed by atoms with Crippen LogP contribution in [0.3, 0.4) is 0 Å². The predicted molar refractivity (Wildman–Crippen MR) is 81.2 cm³/mol. The lowest BCUT2D eigenvalue weighted by Gasteiger charge is -2.62. The second kappa shape index (κ2) is 4.24. The van der Waals surface area contributed by atoms with E-state index in [1.165, 1.54) is 32.1 Å². The first-order chi connectivity index (χ1) is 10.8. The van der Waals surface area contributed by atoms with E-state index in [0.29, 0.717) is 22.8 Å². The van der Waals surface area contributed by atoms with Gasteiger partial charge in [0, 0.05) is 30.4 Å². The number of hydrogen-bond acceptors (Lipinski definition) is 4. The Balaban J connectivity index is 1.45. The number of aromatic nitrogens is 3. The molecule has 0 aromatic carbocycles. The van der Waals surface area contributed by atoms with Crippen LogP contribution in [0.25, 0.3) is 11.2 Å². The lowest BCUT2D eigenvalue weighted by atomic mass is 9.56. The highest BCUT2D eigenvalue weighted by molar-refractivity contribution is 5.95. The Hall–Kier alpha value is -2.04. The highest BCUT2D eigenvalue weighted by Crippen LogP contribution is 2.59. The lowest BCUT2D eigenvalue weighted by molar-refractivity contribution is -0.111. The van der Waals surface area contributed by atoms with Gasteiger partial charge >= 0.3 is 0 Å². The molecule has 0 N–H and O–H groups in total. The van der Waals surface area contributed by atoms with Crippen LogP contribution < -0.4 is 0 Å². The van der Waals surface area contributed by atoms with Crippen molar-refractivity contribution in [3.8, 4) is 0 Å². The number of pyridine rings is 1. The summed E-state index contributed by atoms with van der Waals surface area (Å²) in [5.41, 5.74) is 2.24. The van der Waals surface area contributed by atoms with Gasteiger partial charge in [-0.25, -0.2) is 9.97 Å². The van der Waals surface area contributed by atoms with Gasteiger partial charge in [0.2, 0.25) is 0 Å². The van der Waals surface area contributed by atoms with Crippen LogP contribution in [-0.4, -0.2) is 38.3 Å². The van der Waals surface area contributed by atoms with E-state index in [4.69, 9.17) is 0 Å². The molecule has 2 aromatic rings. The van der Waals surface area contributed by atoms with Crippen molar-refractivity contribution in [3.05, 3.63) is 30.2 Å². The maximum absolute atomic E-state index is 12.9. The molecule has 5 nitrogen and oxygen atoms in total. The second-order valence-electron chi connectivity index (χ2n) is 7.03. The van der Waals surface area contributed by atoms with Crippen molar-refractivity contribution >= 4 is 17.1 Å². The molecule has 0 bridgehead atoms. The lowest BCUT2D eigenvalue weighted by Crippen LogP contribution is -2.69. The average Bonchev–Trinajstić information content (AvgIpc) is 3.28. The van der Waals surface area contributed by atoms with Crippen molar-refractivity contribution in [3.63, 3.8) is 0 Å². The number of nitrogens with zero attached hydrogens (tertiary/aromatic N) is 4. The summed E-state index contributed by atoms with van der Waals surface area (Å²) in [4.78, 5) is 27.8. The number of hydrogen-bond donors (Lipinski definition) is 0. The molecule has 22 heavy (non-hydrogen) atoms. The molecule has 0 radical (unpaired) electrons. The smallest absolute Gasteiger partial charge is 0.272 e. The molecule has 1 spiro atoms. The zero-order chi connectivity index (χ0) is 14.7. The Kier molecular flexibility index (Phi) is 2.41. The van der Waals surface area contributed by atoms with Crippen LogP contribution in [0.4, 0.5) is 0 Å². The Morgan fingerprint density at radius 3 is 2.73 bits per heavy atom. The van der Waals surface area contributed by atoms with Crippen LogP contribution >= 0.6 is 0 Å². The molecule has 112 valence electrons. The van der Waals surface area contributed by atoms with Crippen molar-refractivity contribution in [2.75, 3.05) is 6.54 Å². The maximum atomic E-state index is 12.9. The SMILES string of the molecule is O=C(c1ccc2nccnc2n1)N1CC2(CCC2)C1C1CC1. The molecule has 2 saturated carbocycles. The van der Waals surface area contributed by atoms with E-state index in [1.807, 2.05) is 6.07 Å². The predicted octanol–water partition coefficient (Wildman–Crippen LogP) is 2.43. The van der Waals surface area contributed by atoms with Crippen LogP contribution in [0.2, 0.25) is 0 Å². The molecular weight excluding hydrogens is 276 g/mol. The van der Waals surface area contributed by atoms with E-state index in [1.54, 1.807) is 18.5 Å². The fourth-order valence-electron chi connectivity index (χ4n) is 4.32. The fourth-order valence-corrected chi connectivity index (χ4v) is 4.32. The first kappa shape index (κ1) is 12.5. The van der Waals surface area contributed by atoms with E-state index < -0.39 is 0 Å². The normalized spacial score (nSPS) is 25.8. The largest absolute Gasteiger partial charge is 0.333 e. The summed E-state index contributed by atoms with van der Waals surface area (Å²) >= 11 is 0. The number of likely N-dealkylation sites (tertiary alicyclic amines) is 1. The van der Waals surface area contributed by atoms with Gasteiger partial charge in [0.15, 0.2) is 5.65 Å². The summed E-state index contributed by atoms with van der Waals surface area (Å²) in [5, 5.41) is 0. The molecule has 3 heterocycles. The van der Waals surface area contributed by atoms with Gasteiger partial charge in [0.1, 0.15) is 11.2 Å². The van der Waals surface area contributed by atoms with Gasteiger partial charge in [-0.15, -0.1) is 0 Å². The molecule has 1 atom stereocenters. The quantitative estimate of drug-likeness (QED) is 0.853. The van der Waals surface area contributed by atoms with Crippen LogP contribution in [0.15, 0.2) is 24.5 Å². The van der Waals surface area contributed by atoms with E-state index >= 15 is 0 Å². The Morgan fingerprint density at radius 2 is 2.00 bits per heavy atom. The summed E-state index contributed by atoms with van der Waals surface area (Å²) in [6, 6.07) is 4.09. The fraction of sp³-hybridized carbons (Fsp3) is 0.529. The Labute approximate surface area is 128 Å². The standard InChI is InChI=1S/C17H18N4O/c22-16(13-5-4-12-15(20-13)19-9-8-18-12)21-10-17(6-1-7-17)14(21)11-2-3-11/h4-5,8-9,11,14H,1-3,6-7,10H2. The van der Waals surface area contributed by atoms with Gasteiger partial charge in [-0.3, -0.25) is 9.78 Å². The average molecular weight is 294 g/mol. The van der Waals surface area contributed by atoms with Crippen LogP contribution in [0, 0.1) is 11.3 Å². The molecule has 3 fully saturated rings. The first-order valence-electron chi connectivity index (χ1n) is 8.16. The summed E-state index contributed by atoms with van der Waals surface area (Å²) < 4.78 is 0. The van der Waals surface area contributed by atoms with Gasteiger partial charge in [-0.05, 0) is 43.7 Å². The summed E-state index contributed by atoms with van der Waals surface area (Å²) in [5.74, 6) is 0.806. The van der Waals surface area contributed by atoms with Gasteiger partial charge in [0.25, 0.3) is 5.91 Å². The Bertz CT molecular complexity index is 766. The maximum Gasteiger partial charge on any atom is 0.272 e. The number of carbonyl (C=O) groups excluding carboxylic acids is 1. The van der Waals surface area contributed by atoms with Gasteiger partial charge < -0.3 is 4.90 Å². The van der Waals surface area contributed by atoms with Crippen molar-refractivity contribution < 1.29 is 4.79 Å². The highest BCUT2D eigenvalue weighted by atomic mass is 16.2. The Morgan fingerprint density at radius 1 is 1.18 bits per heavy atom. The van der Waals surface area contributed by atoms with Gasteiger partial charge in [0.05, 0.1) is 0 Å². The molecule has 5 rings (SSSR count). The number of fused-ring (bicyclic) bond motifs is 1. The first-order valence-corrected chi connectivity index (χ1v) is 8.16. The van der Waals surface area contributed by atoms with Crippen molar-refractivity contribution in [1.29, 1.82) is 0 Å². The topological polar surface area (TPSA) is 59.0 Å². The van der Waals surface area contributed by atoms with E-state index in [-0.39, 0.29) is 5.91 Å². The number of amides is 1. The molecule has 1 saturated heterocycles. The minimum Gasteiger partial charge on any atom is -0.333 e. The molecular formula is C17H18N4O. The van der Waals surface area contributed by atoms with Gasteiger partial charge in [-0.1, -0.05) is 6.42 Å². The van der Waals surface area contributed by atoms with Crippen molar-refractivity contribution in [2.45, 2.75) is 38.1 Å². The molecule has 1 amide bonds. The van der Waals surface area contributed by atoms with Crippen LogP contribution in [-0.2, 0) is 0 Å².